The normalized spacial score (nSPS) is 13.2. The summed E-state index contributed by atoms with van der Waals surface area (Å²) in [5.74, 6) is -1.60. The molecular weight excluding hydrogens is 252 g/mol. The molecule has 1 unspecified atom stereocenters. The fraction of sp³-hybridized carbons (Fsp3) is 0.800. The predicted octanol–water partition coefficient (Wildman–Crippen LogP) is 0.259. The molecule has 0 aromatic heterocycles. The molecule has 8 heteroatoms. The Morgan fingerprint density at radius 2 is 1.89 bits per heavy atom. The maximum atomic E-state index is 11.7. The first-order valence-electron chi connectivity index (χ1n) is 5.22. The highest BCUT2D eigenvalue weighted by Crippen LogP contribution is 2.07. The first kappa shape index (κ1) is 16.6. The van der Waals surface area contributed by atoms with E-state index in [4.69, 9.17) is 4.74 Å². The summed E-state index contributed by atoms with van der Waals surface area (Å²) in [5, 5.41) is 12.7. The number of ether oxygens (including phenoxy) is 2. The highest BCUT2D eigenvalue weighted by Gasteiger charge is 2.20. The maximum absolute atomic E-state index is 11.7. The summed E-state index contributed by atoms with van der Waals surface area (Å²) in [7, 11) is 0. The minimum atomic E-state index is -2.99. The van der Waals surface area contributed by atoms with Gasteiger partial charge in [0.15, 0.2) is 0 Å². The largest absolute Gasteiger partial charge is 0.548 e. The molecule has 0 heterocycles. The molecule has 0 fully saturated rings. The lowest BCUT2D eigenvalue weighted by molar-refractivity contribution is -0.308. The van der Waals surface area contributed by atoms with Gasteiger partial charge < -0.3 is 24.7 Å². The van der Waals surface area contributed by atoms with Crippen LogP contribution in [0.15, 0.2) is 0 Å². The molecule has 0 saturated carbocycles. The topological polar surface area (TPSA) is 87.7 Å². The van der Waals surface area contributed by atoms with Gasteiger partial charge in [0.1, 0.15) is 5.60 Å². The van der Waals surface area contributed by atoms with Gasteiger partial charge in [-0.2, -0.15) is 8.78 Å². The lowest BCUT2D eigenvalue weighted by atomic mass is 10.2. The zero-order valence-electron chi connectivity index (χ0n) is 10.4. The number of rotatable bonds is 6. The second-order valence-electron chi connectivity index (χ2n) is 4.44. The van der Waals surface area contributed by atoms with Crippen molar-refractivity contribution in [2.75, 3.05) is 6.61 Å². The van der Waals surface area contributed by atoms with Crippen molar-refractivity contribution in [3.8, 4) is 0 Å². The van der Waals surface area contributed by atoms with E-state index in [1.165, 1.54) is 0 Å². The van der Waals surface area contributed by atoms with Crippen molar-refractivity contribution in [1.29, 1.82) is 0 Å². The van der Waals surface area contributed by atoms with E-state index in [9.17, 15) is 23.5 Å². The SMILES string of the molecule is CC(C)(C)OC(=O)NC(CCOC(F)F)C(=O)[O-]. The van der Waals surface area contributed by atoms with Crippen molar-refractivity contribution in [3.63, 3.8) is 0 Å². The van der Waals surface area contributed by atoms with Gasteiger partial charge in [0.05, 0.1) is 18.6 Å². The van der Waals surface area contributed by atoms with Crippen molar-refractivity contribution < 1.29 is 33.0 Å². The summed E-state index contributed by atoms with van der Waals surface area (Å²) in [6.45, 7) is 1.28. The summed E-state index contributed by atoms with van der Waals surface area (Å²) in [6, 6.07) is -1.45. The van der Waals surface area contributed by atoms with Crippen LogP contribution in [0.25, 0.3) is 0 Å². The third kappa shape index (κ3) is 8.68. The Morgan fingerprint density at radius 1 is 1.33 bits per heavy atom. The van der Waals surface area contributed by atoms with Crippen LogP contribution in [0.4, 0.5) is 13.6 Å². The quantitative estimate of drug-likeness (QED) is 0.746. The highest BCUT2D eigenvalue weighted by molar-refractivity contribution is 5.78. The van der Waals surface area contributed by atoms with Crippen LogP contribution in [0.1, 0.15) is 27.2 Å². The average Bonchev–Trinajstić information content (AvgIpc) is 2.12. The number of nitrogens with one attached hydrogen (secondary N) is 1. The molecule has 0 saturated heterocycles. The van der Waals surface area contributed by atoms with E-state index in [-0.39, 0.29) is 6.42 Å². The van der Waals surface area contributed by atoms with E-state index < -0.39 is 36.9 Å². The van der Waals surface area contributed by atoms with E-state index in [1.54, 1.807) is 20.8 Å². The van der Waals surface area contributed by atoms with E-state index >= 15 is 0 Å². The second kappa shape index (κ2) is 7.10. The molecule has 0 rings (SSSR count). The molecule has 0 spiro atoms. The summed E-state index contributed by atoms with van der Waals surface area (Å²) in [5.41, 5.74) is -0.792. The molecule has 6 nitrogen and oxygen atoms in total. The molecule has 1 N–H and O–H groups in total. The number of alkyl halides is 2. The predicted molar refractivity (Wildman–Crippen MR) is 54.7 cm³/mol. The molecule has 0 bridgehead atoms. The lowest BCUT2D eigenvalue weighted by Gasteiger charge is -2.24. The second-order valence-corrected chi connectivity index (χ2v) is 4.44. The third-order valence-corrected chi connectivity index (χ3v) is 1.63. The zero-order chi connectivity index (χ0) is 14.3. The fourth-order valence-corrected chi connectivity index (χ4v) is 0.974. The summed E-state index contributed by atoms with van der Waals surface area (Å²) >= 11 is 0. The Kier molecular flexibility index (Phi) is 6.53. The van der Waals surface area contributed by atoms with Crippen molar-refractivity contribution in [3.05, 3.63) is 0 Å². The zero-order valence-corrected chi connectivity index (χ0v) is 10.4. The summed E-state index contributed by atoms with van der Waals surface area (Å²) in [4.78, 5) is 21.9. The summed E-state index contributed by atoms with van der Waals surface area (Å²) in [6.07, 6.45) is -1.31. The van der Waals surface area contributed by atoms with Gasteiger partial charge in [-0.1, -0.05) is 0 Å². The molecule has 1 amide bonds. The number of alkyl carbamates (subject to hydrolysis) is 1. The first-order chi connectivity index (χ1) is 8.11. The van der Waals surface area contributed by atoms with Gasteiger partial charge in [-0.3, -0.25) is 0 Å². The molecule has 0 aliphatic rings. The number of amides is 1. The van der Waals surface area contributed by atoms with Gasteiger partial charge in [-0.25, -0.2) is 4.79 Å². The van der Waals surface area contributed by atoms with E-state index in [0.717, 1.165) is 0 Å². The number of aliphatic carboxylic acids is 1. The first-order valence-corrected chi connectivity index (χ1v) is 5.22. The third-order valence-electron chi connectivity index (χ3n) is 1.63. The van der Waals surface area contributed by atoms with Crippen LogP contribution in [0.5, 0.6) is 0 Å². The van der Waals surface area contributed by atoms with Crippen LogP contribution in [0, 0.1) is 0 Å². The number of carboxylic acids is 1. The smallest absolute Gasteiger partial charge is 0.408 e. The number of carbonyl (C=O) groups is 2. The van der Waals surface area contributed by atoms with Crippen LogP contribution >= 0.6 is 0 Å². The standard InChI is InChI=1S/C10H17F2NO5/c1-10(2,3)18-9(16)13-6(7(14)15)4-5-17-8(11)12/h6,8H,4-5H2,1-3H3,(H,13,16)(H,14,15)/p-1. The van der Waals surface area contributed by atoms with Crippen LogP contribution in [-0.4, -0.2) is 36.9 Å². The lowest BCUT2D eigenvalue weighted by Crippen LogP contribution is -2.49. The van der Waals surface area contributed by atoms with Crippen LogP contribution in [0.3, 0.4) is 0 Å². The van der Waals surface area contributed by atoms with Gasteiger partial charge in [0.25, 0.3) is 0 Å². The summed E-state index contributed by atoms with van der Waals surface area (Å²) < 4.78 is 32.1. The van der Waals surface area contributed by atoms with Crippen molar-refractivity contribution in [2.45, 2.75) is 45.4 Å². The Hall–Kier alpha value is -1.44. The van der Waals surface area contributed by atoms with Gasteiger partial charge in [-0.15, -0.1) is 0 Å². The number of carboxylic acid groups (broad SMARTS) is 1. The van der Waals surface area contributed by atoms with Gasteiger partial charge >= 0.3 is 12.7 Å². The molecule has 0 radical (unpaired) electrons. The molecule has 0 aliphatic carbocycles. The molecule has 0 aromatic carbocycles. The Balaban J connectivity index is 4.19. The Labute approximate surface area is 103 Å². The van der Waals surface area contributed by atoms with Crippen molar-refractivity contribution in [2.24, 2.45) is 0 Å². The highest BCUT2D eigenvalue weighted by atomic mass is 19.3. The number of carbonyl (C=O) groups excluding carboxylic acids is 2. The molecule has 0 aromatic rings. The molecular formula is C10H16F2NO5-. The Morgan fingerprint density at radius 3 is 2.28 bits per heavy atom. The van der Waals surface area contributed by atoms with Gasteiger partial charge in [-0.05, 0) is 27.2 Å². The van der Waals surface area contributed by atoms with Crippen LogP contribution in [-0.2, 0) is 14.3 Å². The van der Waals surface area contributed by atoms with Crippen molar-refractivity contribution >= 4 is 12.1 Å². The van der Waals surface area contributed by atoms with Crippen LogP contribution < -0.4 is 10.4 Å². The van der Waals surface area contributed by atoms with E-state index in [2.05, 4.69) is 4.74 Å². The number of hydrogen-bond acceptors (Lipinski definition) is 5. The molecule has 0 aliphatic heterocycles. The minimum Gasteiger partial charge on any atom is -0.548 e. The van der Waals surface area contributed by atoms with Crippen molar-refractivity contribution in [1.82, 2.24) is 5.32 Å². The average molecular weight is 268 g/mol. The van der Waals surface area contributed by atoms with E-state index in [0.29, 0.717) is 0 Å². The van der Waals surface area contributed by atoms with Crippen LogP contribution in [0.2, 0.25) is 0 Å². The minimum absolute atomic E-state index is 0.341. The molecule has 1 atom stereocenters. The van der Waals surface area contributed by atoms with E-state index in [1.807, 2.05) is 5.32 Å². The maximum Gasteiger partial charge on any atom is 0.408 e. The molecule has 18 heavy (non-hydrogen) atoms. The Bertz CT molecular complexity index is 290. The van der Waals surface area contributed by atoms with Gasteiger partial charge in [0.2, 0.25) is 0 Å². The van der Waals surface area contributed by atoms with Gasteiger partial charge in [0, 0.05) is 0 Å². The number of halogens is 2. The monoisotopic (exact) mass is 268 g/mol. The number of hydrogen-bond donors (Lipinski definition) is 1. The fourth-order valence-electron chi connectivity index (χ4n) is 0.974. The molecule has 106 valence electrons.